The first-order valence-electron chi connectivity index (χ1n) is 9.59. The van der Waals surface area contributed by atoms with Gasteiger partial charge in [0.25, 0.3) is 0 Å². The molecule has 3 rings (SSSR count). The number of ketones is 2. The molecular formula is C24H20Br2N2O4. The van der Waals surface area contributed by atoms with E-state index in [-0.39, 0.29) is 24.2 Å². The van der Waals surface area contributed by atoms with E-state index in [2.05, 4.69) is 37.2 Å². The molecule has 0 bridgehead atoms. The Bertz CT molecular complexity index is 1180. The molecule has 0 fully saturated rings. The Balaban J connectivity index is 1.56. The number of nitrogens with one attached hydrogen (secondary N) is 2. The van der Waals surface area contributed by atoms with Crippen LogP contribution in [0.5, 0.6) is 11.5 Å². The van der Waals surface area contributed by atoms with Crippen LogP contribution in [0.4, 0.5) is 5.69 Å². The fourth-order valence-corrected chi connectivity index (χ4v) is 3.73. The molecule has 0 saturated carbocycles. The topological polar surface area (TPSA) is 88.5 Å². The van der Waals surface area contributed by atoms with Crippen molar-refractivity contribution in [1.82, 2.24) is 0 Å². The lowest BCUT2D eigenvalue weighted by Crippen LogP contribution is -2.11. The Hall–Kier alpha value is -2.97. The van der Waals surface area contributed by atoms with E-state index in [1.165, 1.54) is 13.8 Å². The maximum absolute atomic E-state index is 11.5. The van der Waals surface area contributed by atoms with Crippen molar-refractivity contribution >= 4 is 55.0 Å². The van der Waals surface area contributed by atoms with Gasteiger partial charge >= 0.3 is 0 Å². The normalized spacial score (nSPS) is 10.4. The highest BCUT2D eigenvalue weighted by molar-refractivity contribution is 9.11. The molecule has 0 aliphatic heterocycles. The summed E-state index contributed by atoms with van der Waals surface area (Å²) < 4.78 is 12.7. The quantitative estimate of drug-likeness (QED) is 0.143. The summed E-state index contributed by atoms with van der Waals surface area (Å²) in [6, 6.07) is 17.3. The van der Waals surface area contributed by atoms with Gasteiger partial charge in [0.1, 0.15) is 11.5 Å². The number of halogens is 2. The van der Waals surface area contributed by atoms with Crippen molar-refractivity contribution in [2.24, 2.45) is 0 Å². The minimum absolute atomic E-state index is 0.00331. The summed E-state index contributed by atoms with van der Waals surface area (Å²) in [7, 11) is 0. The summed E-state index contributed by atoms with van der Waals surface area (Å²) in [5.74, 6) is 1.00. The van der Waals surface area contributed by atoms with E-state index in [1.54, 1.807) is 54.6 Å². The fraction of sp³-hybridized carbons (Fsp3) is 0.125. The molecule has 0 atom stereocenters. The molecule has 0 unspecified atom stereocenters. The average Bonchev–Trinajstić information content (AvgIpc) is 2.76. The molecule has 0 aliphatic rings. The molecule has 0 amide bonds. The van der Waals surface area contributed by atoms with Crippen molar-refractivity contribution in [3.8, 4) is 11.5 Å². The van der Waals surface area contributed by atoms with Gasteiger partial charge in [0, 0.05) is 21.2 Å². The van der Waals surface area contributed by atoms with Crippen molar-refractivity contribution in [2.45, 2.75) is 13.8 Å². The van der Waals surface area contributed by atoms with E-state index in [0.29, 0.717) is 32.7 Å². The van der Waals surface area contributed by atoms with Crippen LogP contribution in [0.15, 0.2) is 69.6 Å². The number of rotatable bonds is 8. The van der Waals surface area contributed by atoms with Crippen LogP contribution in [0.1, 0.15) is 40.1 Å². The van der Waals surface area contributed by atoms with Gasteiger partial charge in [0.2, 0.25) is 5.90 Å². The summed E-state index contributed by atoms with van der Waals surface area (Å²) >= 11 is 6.81. The number of Topliss-reactive ketones (excluding diaryl/α,β-unsaturated/α-hetero) is 2. The minimum Gasteiger partial charge on any atom is -0.473 e. The van der Waals surface area contributed by atoms with Gasteiger partial charge in [-0.05, 0) is 106 Å². The van der Waals surface area contributed by atoms with Gasteiger partial charge in [0.15, 0.2) is 18.3 Å². The first-order valence-corrected chi connectivity index (χ1v) is 11.2. The zero-order valence-electron chi connectivity index (χ0n) is 17.4. The first kappa shape index (κ1) is 23.7. The van der Waals surface area contributed by atoms with Gasteiger partial charge in [-0.2, -0.15) is 0 Å². The monoisotopic (exact) mass is 558 g/mol. The SMILES string of the molecule is CC(=O)c1ccc(NCOc2ccc(C(=N)Oc3ccc(C(C)=O)cc3Br)cc2)c(Br)c1. The number of carbonyl (C=O) groups is 2. The number of hydrogen-bond acceptors (Lipinski definition) is 6. The second kappa shape index (κ2) is 10.6. The summed E-state index contributed by atoms with van der Waals surface area (Å²) in [6.45, 7) is 3.24. The van der Waals surface area contributed by atoms with Gasteiger partial charge in [-0.25, -0.2) is 0 Å². The summed E-state index contributed by atoms with van der Waals surface area (Å²) in [4.78, 5) is 22.9. The molecule has 3 aromatic rings. The molecule has 0 spiro atoms. The second-order valence-corrected chi connectivity index (χ2v) is 8.58. The van der Waals surface area contributed by atoms with Crippen LogP contribution < -0.4 is 14.8 Å². The van der Waals surface area contributed by atoms with E-state index >= 15 is 0 Å². The maximum Gasteiger partial charge on any atom is 0.219 e. The predicted octanol–water partition coefficient (Wildman–Crippen LogP) is 6.47. The van der Waals surface area contributed by atoms with Gasteiger partial charge in [0.05, 0.1) is 10.2 Å². The van der Waals surface area contributed by atoms with Crippen LogP contribution in [-0.2, 0) is 0 Å². The number of benzene rings is 3. The molecule has 0 aliphatic carbocycles. The highest BCUT2D eigenvalue weighted by Crippen LogP contribution is 2.27. The van der Waals surface area contributed by atoms with E-state index in [9.17, 15) is 9.59 Å². The molecule has 8 heteroatoms. The lowest BCUT2D eigenvalue weighted by molar-refractivity contribution is 0.100. The predicted molar refractivity (Wildman–Crippen MR) is 131 cm³/mol. The van der Waals surface area contributed by atoms with Gasteiger partial charge in [-0.3, -0.25) is 15.0 Å². The smallest absolute Gasteiger partial charge is 0.219 e. The number of carbonyl (C=O) groups excluding carboxylic acids is 2. The Morgan fingerprint density at radius 1 is 0.844 bits per heavy atom. The van der Waals surface area contributed by atoms with E-state index in [1.807, 2.05) is 6.07 Å². The van der Waals surface area contributed by atoms with Gasteiger partial charge in [-0.1, -0.05) is 0 Å². The van der Waals surface area contributed by atoms with Crippen LogP contribution in [-0.4, -0.2) is 24.2 Å². The third-order valence-electron chi connectivity index (χ3n) is 4.54. The number of anilines is 1. The highest BCUT2D eigenvalue weighted by Gasteiger charge is 2.10. The lowest BCUT2D eigenvalue weighted by atomic mass is 10.1. The molecule has 0 radical (unpaired) electrons. The third-order valence-corrected chi connectivity index (χ3v) is 5.82. The van der Waals surface area contributed by atoms with Crippen LogP contribution in [0, 0.1) is 5.41 Å². The van der Waals surface area contributed by atoms with E-state index in [0.717, 1.165) is 10.2 Å². The van der Waals surface area contributed by atoms with Crippen molar-refractivity contribution in [3.05, 3.63) is 86.3 Å². The first-order chi connectivity index (χ1) is 15.2. The Morgan fingerprint density at radius 2 is 1.41 bits per heavy atom. The molecule has 164 valence electrons. The number of hydrogen-bond donors (Lipinski definition) is 2. The molecule has 6 nitrogen and oxygen atoms in total. The van der Waals surface area contributed by atoms with Crippen molar-refractivity contribution in [1.29, 1.82) is 5.41 Å². The molecule has 2 N–H and O–H groups in total. The molecule has 3 aromatic carbocycles. The zero-order valence-corrected chi connectivity index (χ0v) is 20.5. The maximum atomic E-state index is 11.5. The molecule has 0 saturated heterocycles. The van der Waals surface area contributed by atoms with Crippen LogP contribution in [0.3, 0.4) is 0 Å². The molecule has 0 aromatic heterocycles. The fourth-order valence-electron chi connectivity index (χ4n) is 2.75. The van der Waals surface area contributed by atoms with Gasteiger partial charge < -0.3 is 14.8 Å². The minimum atomic E-state index is -0.0437. The van der Waals surface area contributed by atoms with Crippen molar-refractivity contribution in [2.75, 3.05) is 12.0 Å². The van der Waals surface area contributed by atoms with Crippen LogP contribution >= 0.6 is 31.9 Å². The largest absolute Gasteiger partial charge is 0.473 e. The molecule has 32 heavy (non-hydrogen) atoms. The summed E-state index contributed by atoms with van der Waals surface area (Å²) in [6.07, 6.45) is 0. The van der Waals surface area contributed by atoms with Crippen LogP contribution in [0.25, 0.3) is 0 Å². The van der Waals surface area contributed by atoms with E-state index in [4.69, 9.17) is 14.9 Å². The Labute approximate surface area is 202 Å². The molecule has 0 heterocycles. The molecular weight excluding hydrogens is 540 g/mol. The van der Waals surface area contributed by atoms with E-state index < -0.39 is 0 Å². The third kappa shape index (κ3) is 6.05. The lowest BCUT2D eigenvalue weighted by Gasteiger charge is -2.12. The Morgan fingerprint density at radius 3 is 1.97 bits per heavy atom. The standard InChI is InChI=1S/C24H20Br2N2O4/c1-14(29)17-5-9-22(20(25)11-17)28-13-31-19-7-3-16(4-8-19)24(27)32-23-10-6-18(15(2)30)12-21(23)26/h3-12,27-28H,13H2,1-2H3. The summed E-state index contributed by atoms with van der Waals surface area (Å²) in [5.41, 5.74) is 2.58. The number of ether oxygens (including phenoxy) is 2. The van der Waals surface area contributed by atoms with Crippen molar-refractivity contribution in [3.63, 3.8) is 0 Å². The zero-order chi connectivity index (χ0) is 23.3. The average molecular weight is 560 g/mol. The van der Waals surface area contributed by atoms with Crippen LogP contribution in [0.2, 0.25) is 0 Å². The summed E-state index contributed by atoms with van der Waals surface area (Å²) in [5, 5.41) is 11.3. The van der Waals surface area contributed by atoms with Crippen molar-refractivity contribution < 1.29 is 19.1 Å². The second-order valence-electron chi connectivity index (χ2n) is 6.87. The Kier molecular flexibility index (Phi) is 7.82. The van der Waals surface area contributed by atoms with Gasteiger partial charge in [-0.15, -0.1) is 0 Å². The highest BCUT2D eigenvalue weighted by atomic mass is 79.9.